The number of carbonyl (C=O) groups is 1. The van der Waals surface area contributed by atoms with E-state index in [4.69, 9.17) is 0 Å². The molecule has 150 valence electrons. The first-order chi connectivity index (χ1) is 13.3. The van der Waals surface area contributed by atoms with Crippen molar-refractivity contribution in [1.29, 1.82) is 0 Å². The maximum Gasteiger partial charge on any atom is 0.223 e. The van der Waals surface area contributed by atoms with E-state index in [-0.39, 0.29) is 30.1 Å². The van der Waals surface area contributed by atoms with Gasteiger partial charge in [-0.05, 0) is 73.8 Å². The molecule has 28 heavy (non-hydrogen) atoms. The standard InChI is InChI=1S/C22H25F3N2O/c1-15-9-17(23)3-4-20(15)22(5-7-26-8-6-22)13-21(28)27(2)14-16-10-18(24)12-19(25)11-16/h3-4,9-12,26H,5-8,13-14H2,1-2H3. The molecule has 1 heterocycles. The largest absolute Gasteiger partial charge is 0.341 e. The highest BCUT2D eigenvalue weighted by Gasteiger charge is 2.38. The number of carbonyl (C=O) groups excluding carboxylic acids is 1. The predicted octanol–water partition coefficient (Wildman–Crippen LogP) is 4.08. The highest BCUT2D eigenvalue weighted by Crippen LogP contribution is 2.39. The highest BCUT2D eigenvalue weighted by molar-refractivity contribution is 5.77. The molecule has 2 aromatic carbocycles. The third-order valence-electron chi connectivity index (χ3n) is 5.58. The number of benzene rings is 2. The second kappa shape index (κ2) is 8.35. The van der Waals surface area contributed by atoms with Crippen molar-refractivity contribution in [3.63, 3.8) is 0 Å². The number of hydrogen-bond acceptors (Lipinski definition) is 2. The van der Waals surface area contributed by atoms with Gasteiger partial charge < -0.3 is 10.2 Å². The molecule has 0 atom stereocenters. The third-order valence-corrected chi connectivity index (χ3v) is 5.58. The molecule has 0 spiro atoms. The number of amides is 1. The van der Waals surface area contributed by atoms with Gasteiger partial charge in [0, 0.05) is 31.5 Å². The Hall–Kier alpha value is -2.34. The van der Waals surface area contributed by atoms with E-state index in [1.54, 1.807) is 13.1 Å². The minimum Gasteiger partial charge on any atom is -0.341 e. The smallest absolute Gasteiger partial charge is 0.223 e. The van der Waals surface area contributed by atoms with Crippen molar-refractivity contribution in [2.45, 2.75) is 38.1 Å². The van der Waals surface area contributed by atoms with Crippen molar-refractivity contribution in [3.8, 4) is 0 Å². The van der Waals surface area contributed by atoms with Crippen LogP contribution in [0, 0.1) is 24.4 Å². The van der Waals surface area contributed by atoms with Crippen LogP contribution in [0.5, 0.6) is 0 Å². The van der Waals surface area contributed by atoms with Crippen LogP contribution in [0.3, 0.4) is 0 Å². The van der Waals surface area contributed by atoms with Gasteiger partial charge in [0.2, 0.25) is 5.91 Å². The molecule has 1 aliphatic rings. The molecule has 1 aliphatic heterocycles. The SMILES string of the molecule is Cc1cc(F)ccc1C1(CC(=O)N(C)Cc2cc(F)cc(F)c2)CCNCC1. The van der Waals surface area contributed by atoms with E-state index in [0.717, 1.165) is 43.1 Å². The van der Waals surface area contributed by atoms with Crippen molar-refractivity contribution >= 4 is 5.91 Å². The Bertz CT molecular complexity index is 843. The number of nitrogens with zero attached hydrogens (tertiary/aromatic N) is 1. The zero-order valence-corrected chi connectivity index (χ0v) is 16.2. The van der Waals surface area contributed by atoms with E-state index in [1.165, 1.54) is 29.2 Å². The number of halogens is 3. The first kappa shape index (κ1) is 20.4. The van der Waals surface area contributed by atoms with E-state index in [2.05, 4.69) is 5.32 Å². The van der Waals surface area contributed by atoms with Crippen LogP contribution in [0.1, 0.15) is 36.0 Å². The van der Waals surface area contributed by atoms with E-state index in [1.807, 2.05) is 6.92 Å². The second-order valence-electron chi connectivity index (χ2n) is 7.69. The van der Waals surface area contributed by atoms with Crippen LogP contribution in [0.15, 0.2) is 36.4 Å². The zero-order chi connectivity index (χ0) is 20.3. The van der Waals surface area contributed by atoms with Gasteiger partial charge in [-0.3, -0.25) is 4.79 Å². The van der Waals surface area contributed by atoms with Crippen LogP contribution in [0.25, 0.3) is 0 Å². The summed E-state index contributed by atoms with van der Waals surface area (Å²) in [5.41, 5.74) is 1.87. The summed E-state index contributed by atoms with van der Waals surface area (Å²) in [6, 6.07) is 8.01. The fraction of sp³-hybridized carbons (Fsp3) is 0.409. The molecule has 1 amide bonds. The van der Waals surface area contributed by atoms with Crippen molar-refractivity contribution < 1.29 is 18.0 Å². The molecule has 1 N–H and O–H groups in total. The van der Waals surface area contributed by atoms with Gasteiger partial charge in [-0.15, -0.1) is 0 Å². The summed E-state index contributed by atoms with van der Waals surface area (Å²) in [7, 11) is 1.64. The lowest BCUT2D eigenvalue weighted by molar-refractivity contribution is -0.132. The van der Waals surface area contributed by atoms with Crippen LogP contribution >= 0.6 is 0 Å². The van der Waals surface area contributed by atoms with Gasteiger partial charge in [0.15, 0.2) is 0 Å². The average molecular weight is 390 g/mol. The van der Waals surface area contributed by atoms with Gasteiger partial charge in [-0.2, -0.15) is 0 Å². The van der Waals surface area contributed by atoms with Crippen LogP contribution in [0.4, 0.5) is 13.2 Å². The number of nitrogens with one attached hydrogen (secondary N) is 1. The fourth-order valence-electron chi connectivity index (χ4n) is 4.16. The molecule has 0 unspecified atom stereocenters. The lowest BCUT2D eigenvalue weighted by Gasteiger charge is -2.39. The minimum absolute atomic E-state index is 0.102. The Labute approximate surface area is 163 Å². The van der Waals surface area contributed by atoms with E-state index in [0.29, 0.717) is 5.56 Å². The summed E-state index contributed by atoms with van der Waals surface area (Å²) in [6.07, 6.45) is 1.82. The monoisotopic (exact) mass is 390 g/mol. The molecular formula is C22H25F3N2O. The summed E-state index contributed by atoms with van der Waals surface area (Å²) in [6.45, 7) is 3.56. The molecule has 2 aromatic rings. The zero-order valence-electron chi connectivity index (χ0n) is 16.2. The van der Waals surface area contributed by atoms with Gasteiger partial charge in [0.1, 0.15) is 17.5 Å². The molecule has 1 fully saturated rings. The first-order valence-corrected chi connectivity index (χ1v) is 9.45. The lowest BCUT2D eigenvalue weighted by atomic mass is 9.69. The maximum absolute atomic E-state index is 13.6. The van der Waals surface area contributed by atoms with Crippen molar-refractivity contribution in [1.82, 2.24) is 10.2 Å². The lowest BCUT2D eigenvalue weighted by Crippen LogP contribution is -2.44. The number of rotatable bonds is 5. The molecule has 0 radical (unpaired) electrons. The van der Waals surface area contributed by atoms with Crippen molar-refractivity contribution in [2.24, 2.45) is 0 Å². The Morgan fingerprint density at radius 3 is 2.29 bits per heavy atom. The van der Waals surface area contributed by atoms with Crippen molar-refractivity contribution in [3.05, 3.63) is 70.5 Å². The van der Waals surface area contributed by atoms with Gasteiger partial charge in [-0.1, -0.05) is 6.07 Å². The summed E-state index contributed by atoms with van der Waals surface area (Å²) in [4.78, 5) is 14.5. The quantitative estimate of drug-likeness (QED) is 0.834. The Morgan fingerprint density at radius 1 is 1.04 bits per heavy atom. The van der Waals surface area contributed by atoms with Crippen molar-refractivity contribution in [2.75, 3.05) is 20.1 Å². The molecule has 3 nitrogen and oxygen atoms in total. The van der Waals surface area contributed by atoms with Crippen LogP contribution in [0.2, 0.25) is 0 Å². The van der Waals surface area contributed by atoms with Crippen LogP contribution in [-0.4, -0.2) is 30.9 Å². The molecule has 0 saturated carbocycles. The van der Waals surface area contributed by atoms with E-state index < -0.39 is 11.6 Å². The summed E-state index contributed by atoms with van der Waals surface area (Å²) >= 11 is 0. The van der Waals surface area contributed by atoms with E-state index in [9.17, 15) is 18.0 Å². The molecule has 1 saturated heterocycles. The Kier molecular flexibility index (Phi) is 6.08. The normalized spacial score (nSPS) is 16.0. The molecule has 0 aromatic heterocycles. The number of piperidine rings is 1. The molecule has 0 bridgehead atoms. The Balaban J connectivity index is 1.81. The van der Waals surface area contributed by atoms with Crippen LogP contribution < -0.4 is 5.32 Å². The summed E-state index contributed by atoms with van der Waals surface area (Å²) in [5, 5.41) is 3.31. The van der Waals surface area contributed by atoms with Gasteiger partial charge in [-0.25, -0.2) is 13.2 Å². The number of aryl methyl sites for hydroxylation is 1. The average Bonchev–Trinajstić information content (AvgIpc) is 2.61. The molecule has 6 heteroatoms. The first-order valence-electron chi connectivity index (χ1n) is 9.45. The number of hydrogen-bond donors (Lipinski definition) is 1. The van der Waals surface area contributed by atoms with Gasteiger partial charge >= 0.3 is 0 Å². The summed E-state index contributed by atoms with van der Waals surface area (Å²) < 4.78 is 40.5. The van der Waals surface area contributed by atoms with Gasteiger partial charge in [0.05, 0.1) is 0 Å². The minimum atomic E-state index is -0.660. The van der Waals surface area contributed by atoms with E-state index >= 15 is 0 Å². The van der Waals surface area contributed by atoms with Crippen LogP contribution in [-0.2, 0) is 16.8 Å². The summed E-state index contributed by atoms with van der Waals surface area (Å²) in [5.74, 6) is -1.71. The molecular weight excluding hydrogens is 365 g/mol. The highest BCUT2D eigenvalue weighted by atomic mass is 19.1. The predicted molar refractivity (Wildman–Crippen MR) is 102 cm³/mol. The molecule has 3 rings (SSSR count). The Morgan fingerprint density at radius 2 is 1.68 bits per heavy atom. The molecule has 0 aliphatic carbocycles. The van der Waals surface area contributed by atoms with Gasteiger partial charge in [0.25, 0.3) is 0 Å². The topological polar surface area (TPSA) is 32.3 Å². The third kappa shape index (κ3) is 4.55. The maximum atomic E-state index is 13.6. The fourth-order valence-corrected chi connectivity index (χ4v) is 4.16. The second-order valence-corrected chi connectivity index (χ2v) is 7.69.